The van der Waals surface area contributed by atoms with Gasteiger partial charge in [0.15, 0.2) is 0 Å². The van der Waals surface area contributed by atoms with E-state index in [2.05, 4.69) is 41.2 Å². The van der Waals surface area contributed by atoms with Crippen molar-refractivity contribution in [3.05, 3.63) is 24.2 Å². The number of rotatable bonds is 6. The highest BCUT2D eigenvalue weighted by Crippen LogP contribution is 2.23. The molecule has 2 aromatic rings. The van der Waals surface area contributed by atoms with Gasteiger partial charge in [-0.25, -0.2) is 9.97 Å². The van der Waals surface area contributed by atoms with Crippen molar-refractivity contribution in [1.82, 2.24) is 19.7 Å². The smallest absolute Gasteiger partial charge is 0.223 e. The van der Waals surface area contributed by atoms with Crippen LogP contribution in [-0.2, 0) is 6.42 Å². The molecular formula is C15H23N5O. The topological polar surface area (TPSA) is 75.9 Å². The molecule has 2 rings (SSSR count). The standard InChI is InChI=1S/C15H23N5O/c1-5-13-12(9-20(19-13)10(2)3)14-6-7-16-15(18-14)17-8-11(4)21/h6-7,9-11,21H,5,8H2,1-4H3,(H,16,17,18)/t11-/m0/s1. The van der Waals surface area contributed by atoms with Crippen LogP contribution in [0.15, 0.2) is 18.5 Å². The van der Waals surface area contributed by atoms with Crippen LogP contribution in [-0.4, -0.2) is 37.5 Å². The monoisotopic (exact) mass is 289 g/mol. The summed E-state index contributed by atoms with van der Waals surface area (Å²) in [5.41, 5.74) is 2.92. The van der Waals surface area contributed by atoms with E-state index in [1.54, 1.807) is 13.1 Å². The summed E-state index contributed by atoms with van der Waals surface area (Å²) in [5, 5.41) is 16.9. The summed E-state index contributed by atoms with van der Waals surface area (Å²) in [5.74, 6) is 0.521. The van der Waals surface area contributed by atoms with Gasteiger partial charge in [0.25, 0.3) is 0 Å². The first-order valence-corrected chi connectivity index (χ1v) is 7.34. The Bertz CT molecular complexity index is 591. The second-order valence-electron chi connectivity index (χ2n) is 5.41. The quantitative estimate of drug-likeness (QED) is 0.853. The van der Waals surface area contributed by atoms with Gasteiger partial charge in [0, 0.05) is 30.5 Å². The lowest BCUT2D eigenvalue weighted by molar-refractivity contribution is 0.208. The van der Waals surface area contributed by atoms with Crippen LogP contribution in [0.1, 0.15) is 39.4 Å². The third-order valence-electron chi connectivity index (χ3n) is 3.16. The van der Waals surface area contributed by atoms with E-state index >= 15 is 0 Å². The van der Waals surface area contributed by atoms with Crippen LogP contribution in [0.25, 0.3) is 11.3 Å². The first-order chi connectivity index (χ1) is 10.0. The molecule has 0 unspecified atom stereocenters. The van der Waals surface area contributed by atoms with Gasteiger partial charge in [-0.05, 0) is 33.3 Å². The predicted octanol–water partition coefficient (Wildman–Crippen LogP) is 2.28. The fraction of sp³-hybridized carbons (Fsp3) is 0.533. The van der Waals surface area contributed by atoms with Crippen LogP contribution >= 0.6 is 0 Å². The number of anilines is 1. The molecule has 0 fully saturated rings. The molecule has 0 aliphatic rings. The lowest BCUT2D eigenvalue weighted by atomic mass is 10.1. The molecule has 0 spiro atoms. The molecule has 21 heavy (non-hydrogen) atoms. The van der Waals surface area contributed by atoms with Crippen LogP contribution in [0.4, 0.5) is 5.95 Å². The van der Waals surface area contributed by atoms with Gasteiger partial charge in [-0.3, -0.25) is 4.68 Å². The van der Waals surface area contributed by atoms with Crippen LogP contribution in [0.2, 0.25) is 0 Å². The molecule has 114 valence electrons. The van der Waals surface area contributed by atoms with Crippen molar-refractivity contribution in [2.24, 2.45) is 0 Å². The first-order valence-electron chi connectivity index (χ1n) is 7.34. The highest BCUT2D eigenvalue weighted by atomic mass is 16.3. The fourth-order valence-electron chi connectivity index (χ4n) is 2.00. The Labute approximate surface area is 125 Å². The Hall–Kier alpha value is -1.95. The zero-order valence-electron chi connectivity index (χ0n) is 13.0. The zero-order valence-corrected chi connectivity index (χ0v) is 13.0. The summed E-state index contributed by atoms with van der Waals surface area (Å²) in [7, 11) is 0. The summed E-state index contributed by atoms with van der Waals surface area (Å²) in [4.78, 5) is 8.68. The van der Waals surface area contributed by atoms with E-state index in [9.17, 15) is 5.11 Å². The largest absolute Gasteiger partial charge is 0.392 e. The molecule has 6 nitrogen and oxygen atoms in total. The third kappa shape index (κ3) is 3.78. The number of aliphatic hydroxyl groups excluding tert-OH is 1. The van der Waals surface area contributed by atoms with Gasteiger partial charge in [0.05, 0.1) is 17.5 Å². The van der Waals surface area contributed by atoms with Crippen molar-refractivity contribution in [2.45, 2.75) is 46.3 Å². The third-order valence-corrected chi connectivity index (χ3v) is 3.16. The van der Waals surface area contributed by atoms with E-state index in [1.807, 2.05) is 16.9 Å². The fourth-order valence-corrected chi connectivity index (χ4v) is 2.00. The van der Waals surface area contributed by atoms with E-state index in [0.29, 0.717) is 18.5 Å². The summed E-state index contributed by atoms with van der Waals surface area (Å²) in [6.45, 7) is 8.44. The Morgan fingerprint density at radius 2 is 2.10 bits per heavy atom. The molecule has 0 radical (unpaired) electrons. The number of aliphatic hydroxyl groups is 1. The minimum atomic E-state index is -0.438. The number of nitrogens with one attached hydrogen (secondary N) is 1. The molecule has 0 aromatic carbocycles. The van der Waals surface area contributed by atoms with Gasteiger partial charge in [-0.15, -0.1) is 0 Å². The number of nitrogens with zero attached hydrogens (tertiary/aromatic N) is 4. The summed E-state index contributed by atoms with van der Waals surface area (Å²) < 4.78 is 1.96. The molecule has 0 aliphatic carbocycles. The summed E-state index contributed by atoms with van der Waals surface area (Å²) >= 11 is 0. The number of hydrogen-bond donors (Lipinski definition) is 2. The van der Waals surface area contributed by atoms with Gasteiger partial charge >= 0.3 is 0 Å². The molecule has 0 bridgehead atoms. The Kier molecular flexibility index (Phi) is 4.90. The second-order valence-corrected chi connectivity index (χ2v) is 5.41. The molecule has 2 N–H and O–H groups in total. The van der Waals surface area contributed by atoms with Crippen molar-refractivity contribution >= 4 is 5.95 Å². The maximum Gasteiger partial charge on any atom is 0.223 e. The molecule has 0 saturated carbocycles. The molecule has 2 heterocycles. The molecule has 1 atom stereocenters. The average Bonchev–Trinajstić information content (AvgIpc) is 2.90. The lowest BCUT2D eigenvalue weighted by Gasteiger charge is -2.07. The van der Waals surface area contributed by atoms with Gasteiger partial charge in [0.2, 0.25) is 5.95 Å². The van der Waals surface area contributed by atoms with E-state index < -0.39 is 6.10 Å². The normalized spacial score (nSPS) is 12.7. The zero-order chi connectivity index (χ0) is 15.4. The molecule has 0 aliphatic heterocycles. The predicted molar refractivity (Wildman–Crippen MR) is 83.2 cm³/mol. The van der Waals surface area contributed by atoms with E-state index in [4.69, 9.17) is 0 Å². The minimum Gasteiger partial charge on any atom is -0.392 e. The summed E-state index contributed by atoms with van der Waals surface area (Å²) in [6, 6.07) is 2.20. The number of hydrogen-bond acceptors (Lipinski definition) is 5. The Morgan fingerprint density at radius 1 is 1.33 bits per heavy atom. The van der Waals surface area contributed by atoms with Crippen LogP contribution < -0.4 is 5.32 Å². The van der Waals surface area contributed by atoms with Crippen molar-refractivity contribution in [2.75, 3.05) is 11.9 Å². The second kappa shape index (κ2) is 6.67. The molecule has 0 amide bonds. The van der Waals surface area contributed by atoms with Crippen molar-refractivity contribution in [3.8, 4) is 11.3 Å². The van der Waals surface area contributed by atoms with Crippen LogP contribution in [0, 0.1) is 0 Å². The minimum absolute atomic E-state index is 0.318. The van der Waals surface area contributed by atoms with Crippen molar-refractivity contribution in [3.63, 3.8) is 0 Å². The van der Waals surface area contributed by atoms with Gasteiger partial charge in [0.1, 0.15) is 0 Å². The molecular weight excluding hydrogens is 266 g/mol. The van der Waals surface area contributed by atoms with E-state index in [-0.39, 0.29) is 0 Å². The van der Waals surface area contributed by atoms with Gasteiger partial charge in [-0.2, -0.15) is 5.10 Å². The molecule has 6 heteroatoms. The van der Waals surface area contributed by atoms with Crippen molar-refractivity contribution < 1.29 is 5.11 Å². The van der Waals surface area contributed by atoms with Gasteiger partial charge < -0.3 is 10.4 Å². The van der Waals surface area contributed by atoms with Crippen LogP contribution in [0.5, 0.6) is 0 Å². The van der Waals surface area contributed by atoms with Crippen molar-refractivity contribution in [1.29, 1.82) is 0 Å². The highest BCUT2D eigenvalue weighted by molar-refractivity contribution is 5.62. The average molecular weight is 289 g/mol. The number of aryl methyl sites for hydroxylation is 1. The number of aromatic nitrogens is 4. The SMILES string of the molecule is CCc1nn(C(C)C)cc1-c1ccnc(NC[C@H](C)O)n1. The first kappa shape index (κ1) is 15.4. The van der Waals surface area contributed by atoms with E-state index in [0.717, 1.165) is 23.4 Å². The Balaban J connectivity index is 2.31. The lowest BCUT2D eigenvalue weighted by Crippen LogP contribution is -2.16. The summed E-state index contributed by atoms with van der Waals surface area (Å²) in [6.07, 6.45) is 4.17. The maximum atomic E-state index is 9.32. The van der Waals surface area contributed by atoms with E-state index in [1.165, 1.54) is 0 Å². The Morgan fingerprint density at radius 3 is 2.71 bits per heavy atom. The highest BCUT2D eigenvalue weighted by Gasteiger charge is 2.13. The maximum absolute atomic E-state index is 9.32. The van der Waals surface area contributed by atoms with Gasteiger partial charge in [-0.1, -0.05) is 6.92 Å². The molecule has 2 aromatic heterocycles. The molecule has 0 saturated heterocycles. The van der Waals surface area contributed by atoms with Crippen LogP contribution in [0.3, 0.4) is 0 Å².